The maximum Gasteiger partial charge on any atom is 0.140 e. The zero-order valence-electron chi connectivity index (χ0n) is 10.2. The second kappa shape index (κ2) is 4.71. The standard InChI is InChI=1S/C14H15NO2S/c1-9-8-18-14(15-9)7-17-11-3-4-12-10(6-11)2-5-13(12)16/h3-4,6,8,13,16H,2,5,7H2,1H3/t13-/m1/s1. The van der Waals surface area contributed by atoms with E-state index in [1.807, 2.05) is 30.5 Å². The van der Waals surface area contributed by atoms with Crippen LogP contribution in [0.3, 0.4) is 0 Å². The van der Waals surface area contributed by atoms with E-state index >= 15 is 0 Å². The van der Waals surface area contributed by atoms with Crippen molar-refractivity contribution in [2.45, 2.75) is 32.5 Å². The number of hydrogen-bond acceptors (Lipinski definition) is 4. The number of aliphatic hydroxyl groups excluding tert-OH is 1. The summed E-state index contributed by atoms with van der Waals surface area (Å²) >= 11 is 1.62. The highest BCUT2D eigenvalue weighted by Crippen LogP contribution is 2.33. The van der Waals surface area contributed by atoms with Gasteiger partial charge in [-0.3, -0.25) is 0 Å². The molecule has 0 amide bonds. The lowest BCUT2D eigenvalue weighted by Gasteiger charge is -2.07. The maximum absolute atomic E-state index is 9.73. The van der Waals surface area contributed by atoms with Crippen molar-refractivity contribution >= 4 is 11.3 Å². The molecule has 4 heteroatoms. The Hall–Kier alpha value is -1.39. The third-order valence-corrected chi connectivity index (χ3v) is 4.13. The number of ether oxygens (including phenoxy) is 1. The molecule has 1 heterocycles. The lowest BCUT2D eigenvalue weighted by atomic mass is 10.1. The minimum Gasteiger partial charge on any atom is -0.486 e. The third-order valence-electron chi connectivity index (χ3n) is 3.19. The predicted octanol–water partition coefficient (Wildman–Crippen LogP) is 3.01. The van der Waals surface area contributed by atoms with Gasteiger partial charge < -0.3 is 9.84 Å². The Morgan fingerprint density at radius 1 is 1.50 bits per heavy atom. The second-order valence-electron chi connectivity index (χ2n) is 4.59. The first-order valence-corrected chi connectivity index (χ1v) is 6.95. The normalized spacial score (nSPS) is 17.8. The predicted molar refractivity (Wildman–Crippen MR) is 70.9 cm³/mol. The van der Waals surface area contributed by atoms with Crippen molar-refractivity contribution in [3.8, 4) is 5.75 Å². The molecule has 0 fully saturated rings. The van der Waals surface area contributed by atoms with Crippen molar-refractivity contribution < 1.29 is 9.84 Å². The lowest BCUT2D eigenvalue weighted by molar-refractivity contribution is 0.180. The van der Waals surface area contributed by atoms with Gasteiger partial charge in [-0.2, -0.15) is 0 Å². The molecule has 0 bridgehead atoms. The Morgan fingerprint density at radius 2 is 2.39 bits per heavy atom. The fraction of sp³-hybridized carbons (Fsp3) is 0.357. The summed E-state index contributed by atoms with van der Waals surface area (Å²) in [4.78, 5) is 4.36. The molecule has 1 atom stereocenters. The molecule has 1 aromatic heterocycles. The van der Waals surface area contributed by atoms with Crippen LogP contribution in [0, 0.1) is 6.92 Å². The van der Waals surface area contributed by atoms with Crippen molar-refractivity contribution in [2.24, 2.45) is 0 Å². The number of fused-ring (bicyclic) bond motifs is 1. The molecule has 1 aliphatic carbocycles. The van der Waals surface area contributed by atoms with Crippen molar-refractivity contribution in [3.63, 3.8) is 0 Å². The molecule has 0 spiro atoms. The summed E-state index contributed by atoms with van der Waals surface area (Å²) in [5, 5.41) is 12.8. The lowest BCUT2D eigenvalue weighted by Crippen LogP contribution is -1.96. The van der Waals surface area contributed by atoms with Gasteiger partial charge in [0.1, 0.15) is 17.4 Å². The molecule has 0 radical (unpaired) electrons. The third kappa shape index (κ3) is 2.26. The summed E-state index contributed by atoms with van der Waals surface area (Å²) in [7, 11) is 0. The number of rotatable bonds is 3. The van der Waals surface area contributed by atoms with E-state index in [0.29, 0.717) is 6.61 Å². The van der Waals surface area contributed by atoms with Crippen LogP contribution in [-0.2, 0) is 13.0 Å². The Bertz CT molecular complexity index is 565. The van der Waals surface area contributed by atoms with E-state index in [1.165, 1.54) is 5.56 Å². The Morgan fingerprint density at radius 3 is 3.17 bits per heavy atom. The van der Waals surface area contributed by atoms with Gasteiger partial charge in [0.2, 0.25) is 0 Å². The van der Waals surface area contributed by atoms with E-state index in [9.17, 15) is 5.11 Å². The summed E-state index contributed by atoms with van der Waals surface area (Å²) < 4.78 is 5.73. The molecule has 0 aliphatic heterocycles. The van der Waals surface area contributed by atoms with Gasteiger partial charge in [0, 0.05) is 11.1 Å². The van der Waals surface area contributed by atoms with E-state index in [-0.39, 0.29) is 6.10 Å². The summed E-state index contributed by atoms with van der Waals surface area (Å²) in [5.74, 6) is 0.857. The van der Waals surface area contributed by atoms with E-state index in [2.05, 4.69) is 4.98 Å². The maximum atomic E-state index is 9.73. The van der Waals surface area contributed by atoms with Crippen LogP contribution >= 0.6 is 11.3 Å². The SMILES string of the molecule is Cc1csc(COc2ccc3c(c2)CC[C@H]3O)n1. The van der Waals surface area contributed by atoms with Crippen molar-refractivity contribution in [1.82, 2.24) is 4.98 Å². The summed E-state index contributed by atoms with van der Waals surface area (Å²) in [6, 6.07) is 5.93. The van der Waals surface area contributed by atoms with Crippen LogP contribution in [0.25, 0.3) is 0 Å². The fourth-order valence-electron chi connectivity index (χ4n) is 2.28. The van der Waals surface area contributed by atoms with E-state index in [0.717, 1.165) is 34.9 Å². The molecule has 3 nitrogen and oxygen atoms in total. The van der Waals surface area contributed by atoms with Crippen LogP contribution < -0.4 is 4.74 Å². The number of hydrogen-bond donors (Lipinski definition) is 1. The highest BCUT2D eigenvalue weighted by Gasteiger charge is 2.20. The number of benzene rings is 1. The minimum atomic E-state index is -0.296. The minimum absolute atomic E-state index is 0.296. The number of aromatic nitrogens is 1. The number of aryl methyl sites for hydroxylation is 2. The molecule has 0 saturated heterocycles. The van der Waals surface area contributed by atoms with Gasteiger partial charge in [0.05, 0.1) is 6.10 Å². The second-order valence-corrected chi connectivity index (χ2v) is 5.53. The number of aliphatic hydroxyl groups is 1. The van der Waals surface area contributed by atoms with Gasteiger partial charge in [-0.1, -0.05) is 6.07 Å². The molecule has 0 unspecified atom stereocenters. The molecule has 1 aliphatic rings. The molecule has 0 saturated carbocycles. The first kappa shape index (κ1) is 11.7. The highest BCUT2D eigenvalue weighted by atomic mass is 32.1. The average Bonchev–Trinajstić information content (AvgIpc) is 2.94. The van der Waals surface area contributed by atoms with Crippen LogP contribution in [0.5, 0.6) is 5.75 Å². The topological polar surface area (TPSA) is 42.4 Å². The van der Waals surface area contributed by atoms with Crippen LogP contribution in [-0.4, -0.2) is 10.1 Å². The van der Waals surface area contributed by atoms with Gasteiger partial charge in [-0.15, -0.1) is 11.3 Å². The summed E-state index contributed by atoms with van der Waals surface area (Å²) in [5.41, 5.74) is 3.29. The van der Waals surface area contributed by atoms with Gasteiger partial charge in [0.15, 0.2) is 0 Å². The Balaban J connectivity index is 1.70. The smallest absolute Gasteiger partial charge is 0.140 e. The van der Waals surface area contributed by atoms with E-state index < -0.39 is 0 Å². The molecule has 3 rings (SSSR count). The van der Waals surface area contributed by atoms with Crippen LogP contribution in [0.4, 0.5) is 0 Å². The molecular formula is C14H15NO2S. The summed E-state index contributed by atoms with van der Waals surface area (Å²) in [6.07, 6.45) is 1.46. The molecule has 94 valence electrons. The largest absolute Gasteiger partial charge is 0.486 e. The molecule has 1 N–H and O–H groups in total. The van der Waals surface area contributed by atoms with Gasteiger partial charge in [-0.25, -0.2) is 4.98 Å². The molecule has 18 heavy (non-hydrogen) atoms. The Kier molecular flexibility index (Phi) is 3.06. The van der Waals surface area contributed by atoms with Gasteiger partial charge in [-0.05, 0) is 43.0 Å². The average molecular weight is 261 g/mol. The van der Waals surface area contributed by atoms with E-state index in [4.69, 9.17) is 4.74 Å². The van der Waals surface area contributed by atoms with Crippen LogP contribution in [0.15, 0.2) is 23.6 Å². The Labute approximate surface area is 110 Å². The fourth-order valence-corrected chi connectivity index (χ4v) is 2.96. The monoisotopic (exact) mass is 261 g/mol. The van der Waals surface area contributed by atoms with Crippen LogP contribution in [0.1, 0.15) is 34.4 Å². The van der Waals surface area contributed by atoms with Crippen molar-refractivity contribution in [3.05, 3.63) is 45.4 Å². The van der Waals surface area contributed by atoms with Gasteiger partial charge in [0.25, 0.3) is 0 Å². The number of nitrogens with zero attached hydrogens (tertiary/aromatic N) is 1. The molecular weight excluding hydrogens is 246 g/mol. The van der Waals surface area contributed by atoms with Gasteiger partial charge >= 0.3 is 0 Å². The van der Waals surface area contributed by atoms with Crippen LogP contribution in [0.2, 0.25) is 0 Å². The summed E-state index contributed by atoms with van der Waals surface area (Å²) in [6.45, 7) is 2.50. The molecule has 2 aromatic rings. The van der Waals surface area contributed by atoms with Crippen molar-refractivity contribution in [1.29, 1.82) is 0 Å². The first-order chi connectivity index (χ1) is 8.72. The quantitative estimate of drug-likeness (QED) is 0.923. The van der Waals surface area contributed by atoms with E-state index in [1.54, 1.807) is 11.3 Å². The zero-order valence-corrected chi connectivity index (χ0v) is 11.0. The molecule has 1 aromatic carbocycles. The number of thiazole rings is 1. The zero-order chi connectivity index (χ0) is 12.5. The van der Waals surface area contributed by atoms with Crippen molar-refractivity contribution in [2.75, 3.05) is 0 Å². The highest BCUT2D eigenvalue weighted by molar-refractivity contribution is 7.09. The first-order valence-electron chi connectivity index (χ1n) is 6.07.